The molecule has 2 heterocycles. The molecule has 0 aliphatic heterocycles. The maximum atomic E-state index is 14.4. The van der Waals surface area contributed by atoms with E-state index in [-0.39, 0.29) is 16.9 Å². The van der Waals surface area contributed by atoms with Crippen LogP contribution in [0.5, 0.6) is 0 Å². The Hall–Kier alpha value is -4.12. The van der Waals surface area contributed by atoms with Gasteiger partial charge >= 0.3 is 0 Å². The third-order valence-corrected chi connectivity index (χ3v) is 4.14. The van der Waals surface area contributed by atoms with Crippen molar-refractivity contribution < 1.29 is 9.31 Å². The van der Waals surface area contributed by atoms with E-state index in [1.54, 1.807) is 30.3 Å². The number of rotatable bonds is 3. The van der Waals surface area contributed by atoms with Crippen LogP contribution in [0.25, 0.3) is 28.0 Å². The van der Waals surface area contributed by atoms with Crippen LogP contribution in [0.4, 0.5) is 10.1 Å². The Morgan fingerprint density at radius 2 is 1.96 bits per heavy atom. The molecule has 0 fully saturated rings. The van der Waals surface area contributed by atoms with Crippen LogP contribution in [0.2, 0.25) is 0 Å². The molecule has 0 aliphatic rings. The maximum Gasteiger partial charge on any atom is 0.270 e. The third kappa shape index (κ3) is 2.67. The lowest BCUT2D eigenvalue weighted by molar-refractivity contribution is -0.384. The number of nitro benzene ring substituents is 1. The molecule has 7 nitrogen and oxygen atoms in total. The molecular weight excluding hydrogens is 349 g/mol. The van der Waals surface area contributed by atoms with Crippen molar-refractivity contribution in [2.45, 2.75) is 0 Å². The highest BCUT2D eigenvalue weighted by Crippen LogP contribution is 2.32. The van der Waals surface area contributed by atoms with Gasteiger partial charge < -0.3 is 4.57 Å². The first-order chi connectivity index (χ1) is 13.1. The summed E-state index contributed by atoms with van der Waals surface area (Å²) >= 11 is 0. The number of nitro groups is 1. The first kappa shape index (κ1) is 16.4. The van der Waals surface area contributed by atoms with E-state index in [2.05, 4.69) is 9.97 Å². The minimum absolute atomic E-state index is 0.0937. The summed E-state index contributed by atoms with van der Waals surface area (Å²) in [5, 5.41) is 20.5. The molecule has 0 unspecified atom stereocenters. The van der Waals surface area contributed by atoms with Gasteiger partial charge in [0.15, 0.2) is 0 Å². The fourth-order valence-electron chi connectivity index (χ4n) is 2.96. The van der Waals surface area contributed by atoms with E-state index >= 15 is 0 Å². The van der Waals surface area contributed by atoms with Crippen LogP contribution in [0.3, 0.4) is 0 Å². The predicted molar refractivity (Wildman–Crippen MR) is 95.6 cm³/mol. The van der Waals surface area contributed by atoms with Gasteiger partial charge in [0.25, 0.3) is 5.69 Å². The molecule has 0 aliphatic carbocycles. The molecule has 0 N–H and O–H groups in total. The van der Waals surface area contributed by atoms with Gasteiger partial charge in [-0.05, 0) is 12.1 Å². The van der Waals surface area contributed by atoms with Crippen molar-refractivity contribution in [2.75, 3.05) is 0 Å². The van der Waals surface area contributed by atoms with E-state index in [1.165, 1.54) is 35.3 Å². The summed E-state index contributed by atoms with van der Waals surface area (Å²) in [6.45, 7) is 0. The summed E-state index contributed by atoms with van der Waals surface area (Å²) in [4.78, 5) is 19.0. The van der Waals surface area contributed by atoms with Crippen LogP contribution in [-0.4, -0.2) is 19.5 Å². The molecule has 2 aromatic heterocycles. The summed E-state index contributed by atoms with van der Waals surface area (Å²) in [7, 11) is 0. The number of para-hydroxylation sites is 1. The van der Waals surface area contributed by atoms with Gasteiger partial charge in [0, 0.05) is 23.9 Å². The molecule has 4 rings (SSSR count). The zero-order chi connectivity index (χ0) is 19.0. The molecule has 27 heavy (non-hydrogen) atoms. The van der Waals surface area contributed by atoms with E-state index < -0.39 is 10.7 Å². The molecule has 0 saturated carbocycles. The van der Waals surface area contributed by atoms with Gasteiger partial charge in [-0.2, -0.15) is 5.26 Å². The number of halogens is 1. The van der Waals surface area contributed by atoms with E-state index in [4.69, 9.17) is 0 Å². The number of nitrogens with zero attached hydrogens (tertiary/aromatic N) is 5. The molecule has 8 heteroatoms. The fraction of sp³-hybridized carbons (Fsp3) is 0. The summed E-state index contributed by atoms with van der Waals surface area (Å²) in [5.41, 5.74) is 1.97. The minimum atomic E-state index is -0.501. The molecule has 0 radical (unpaired) electrons. The highest BCUT2D eigenvalue weighted by molar-refractivity contribution is 5.94. The van der Waals surface area contributed by atoms with Crippen LogP contribution in [0.15, 0.2) is 61.1 Å². The van der Waals surface area contributed by atoms with Crippen LogP contribution in [0, 0.1) is 27.3 Å². The number of benzene rings is 2. The first-order valence-corrected chi connectivity index (χ1v) is 7.86. The molecule has 0 amide bonds. The molecule has 130 valence electrons. The summed E-state index contributed by atoms with van der Waals surface area (Å²) in [5.74, 6) is -0.479. The highest BCUT2D eigenvalue weighted by atomic mass is 19.1. The lowest BCUT2D eigenvalue weighted by Gasteiger charge is -2.09. The monoisotopic (exact) mass is 359 g/mol. The second-order valence-electron chi connectivity index (χ2n) is 5.70. The second kappa shape index (κ2) is 6.31. The number of hydrogen-bond donors (Lipinski definition) is 0. The van der Waals surface area contributed by atoms with E-state index in [1.807, 2.05) is 6.07 Å². The number of hydrogen-bond acceptors (Lipinski definition) is 5. The Balaban J connectivity index is 2.08. The smallest absolute Gasteiger partial charge is 0.270 e. The van der Waals surface area contributed by atoms with Gasteiger partial charge in [0.2, 0.25) is 0 Å². The van der Waals surface area contributed by atoms with Gasteiger partial charge in [-0.25, -0.2) is 14.4 Å². The van der Waals surface area contributed by atoms with Crippen LogP contribution in [0.1, 0.15) is 5.56 Å². The zero-order valence-corrected chi connectivity index (χ0v) is 13.7. The Morgan fingerprint density at radius 3 is 2.70 bits per heavy atom. The average molecular weight is 359 g/mol. The minimum Gasteiger partial charge on any atom is -0.309 e. The Bertz CT molecular complexity index is 1240. The Morgan fingerprint density at radius 1 is 1.15 bits per heavy atom. The number of nitriles is 1. The van der Waals surface area contributed by atoms with Gasteiger partial charge in [0.1, 0.15) is 23.7 Å². The molecule has 4 aromatic rings. The Kier molecular flexibility index (Phi) is 3.82. The van der Waals surface area contributed by atoms with E-state index in [0.717, 1.165) is 0 Å². The van der Waals surface area contributed by atoms with Crippen molar-refractivity contribution in [3.8, 4) is 23.0 Å². The van der Waals surface area contributed by atoms with E-state index in [9.17, 15) is 19.8 Å². The maximum absolute atomic E-state index is 14.4. The van der Waals surface area contributed by atoms with Gasteiger partial charge in [-0.1, -0.05) is 24.3 Å². The highest BCUT2D eigenvalue weighted by Gasteiger charge is 2.19. The third-order valence-electron chi connectivity index (χ3n) is 4.14. The van der Waals surface area contributed by atoms with Crippen molar-refractivity contribution in [1.29, 1.82) is 5.26 Å². The predicted octanol–water partition coefficient (Wildman–Crippen LogP) is 4.01. The van der Waals surface area contributed by atoms with Crippen LogP contribution in [-0.2, 0) is 0 Å². The molecule has 2 aromatic carbocycles. The van der Waals surface area contributed by atoms with Crippen molar-refractivity contribution in [3.05, 3.63) is 82.6 Å². The standard InChI is InChI=1S/C19H10FN5O2/c20-15-6-1-2-7-16(15)24-10-13(9-21)18-19(24)17(22-11-23-18)12-4-3-5-14(8-12)25(26)27/h1-8,10-11H. The largest absolute Gasteiger partial charge is 0.309 e. The quantitative estimate of drug-likeness (QED) is 0.407. The second-order valence-corrected chi connectivity index (χ2v) is 5.70. The summed E-state index contributed by atoms with van der Waals surface area (Å²) in [6, 6.07) is 14.1. The van der Waals surface area contributed by atoms with Gasteiger partial charge in [0.05, 0.1) is 27.4 Å². The fourth-order valence-corrected chi connectivity index (χ4v) is 2.96. The molecule has 0 bridgehead atoms. The lowest BCUT2D eigenvalue weighted by Crippen LogP contribution is -1.99. The number of aromatic nitrogens is 3. The SMILES string of the molecule is N#Cc1cn(-c2ccccc2F)c2c(-c3cccc([N+](=O)[O-])c3)ncnc12. The topological polar surface area (TPSA) is 97.6 Å². The zero-order valence-electron chi connectivity index (χ0n) is 13.7. The summed E-state index contributed by atoms with van der Waals surface area (Å²) in [6.07, 6.45) is 2.77. The van der Waals surface area contributed by atoms with Crippen molar-refractivity contribution >= 4 is 16.7 Å². The number of fused-ring (bicyclic) bond motifs is 1. The first-order valence-electron chi connectivity index (χ1n) is 7.86. The van der Waals surface area contributed by atoms with Crippen LogP contribution >= 0.6 is 0 Å². The normalized spacial score (nSPS) is 10.7. The van der Waals surface area contributed by atoms with Crippen LogP contribution < -0.4 is 0 Å². The van der Waals surface area contributed by atoms with Gasteiger partial charge in [-0.3, -0.25) is 10.1 Å². The van der Waals surface area contributed by atoms with Crippen molar-refractivity contribution in [3.63, 3.8) is 0 Å². The molecule has 0 saturated heterocycles. The average Bonchev–Trinajstić information content (AvgIpc) is 3.07. The lowest BCUT2D eigenvalue weighted by atomic mass is 10.1. The summed E-state index contributed by atoms with van der Waals surface area (Å²) < 4.78 is 15.9. The Labute approximate surface area is 152 Å². The van der Waals surface area contributed by atoms with Crippen molar-refractivity contribution in [2.24, 2.45) is 0 Å². The number of non-ortho nitro benzene ring substituents is 1. The van der Waals surface area contributed by atoms with E-state index in [0.29, 0.717) is 22.3 Å². The van der Waals surface area contributed by atoms with Crippen molar-refractivity contribution in [1.82, 2.24) is 14.5 Å². The molecule has 0 spiro atoms. The molecule has 0 atom stereocenters. The molecular formula is C19H10FN5O2. The van der Waals surface area contributed by atoms with Gasteiger partial charge in [-0.15, -0.1) is 0 Å².